The van der Waals surface area contributed by atoms with Crippen molar-refractivity contribution >= 4 is 29.0 Å². The van der Waals surface area contributed by atoms with Gasteiger partial charge in [-0.2, -0.15) is 0 Å². The molecule has 1 aromatic rings. The first-order valence-corrected chi connectivity index (χ1v) is 3.61. The van der Waals surface area contributed by atoms with E-state index in [1.165, 1.54) is 18.2 Å². The van der Waals surface area contributed by atoms with Crippen molar-refractivity contribution in [2.24, 2.45) is 0 Å². The van der Waals surface area contributed by atoms with Crippen LogP contribution < -0.4 is 0 Å². The Morgan fingerprint density at radius 2 is 2.18 bits per heavy atom. The molecule has 1 aromatic carbocycles. The largest absolute Gasteiger partial charge is 0.295 e. The molecule has 0 N–H and O–H groups in total. The molecule has 0 atom stereocenters. The average Bonchev–Trinajstić information content (AvgIpc) is 2.08. The summed E-state index contributed by atoms with van der Waals surface area (Å²) in [6, 6.07) is 4.29. The van der Waals surface area contributed by atoms with Crippen LogP contribution in [-0.4, -0.2) is 5.78 Å². The van der Waals surface area contributed by atoms with Crippen molar-refractivity contribution in [3.8, 4) is 0 Å². The Bertz CT molecular complexity index is 339. The van der Waals surface area contributed by atoms with Gasteiger partial charge in [0.25, 0.3) is 0 Å². The smallest absolute Gasteiger partial charge is 0.159 e. The number of halogens is 2. The molecule has 0 radical (unpaired) electrons. The molecule has 11 heavy (non-hydrogen) atoms. The van der Waals surface area contributed by atoms with Crippen molar-refractivity contribution in [1.29, 1.82) is 0 Å². The second kappa shape index (κ2) is 3.24. The van der Waals surface area contributed by atoms with Crippen LogP contribution in [0.2, 0.25) is 10.0 Å². The minimum absolute atomic E-state index is 0.240. The number of carbonyl (C=O) groups excluding carboxylic acids is 1. The summed E-state index contributed by atoms with van der Waals surface area (Å²) >= 11 is 11.3. The fourth-order valence-corrected chi connectivity index (χ4v) is 0.947. The van der Waals surface area contributed by atoms with Crippen molar-refractivity contribution < 1.29 is 7.54 Å². The summed E-state index contributed by atoms with van der Waals surface area (Å²) in [5.74, 6) is -0.585. The van der Waals surface area contributed by atoms with E-state index in [0.717, 1.165) is 0 Å². The zero-order chi connectivity index (χ0) is 10.0. The van der Waals surface area contributed by atoms with Gasteiger partial charge in [-0.25, -0.2) is 0 Å². The lowest BCUT2D eigenvalue weighted by molar-refractivity contribution is 0.101. The highest BCUT2D eigenvalue weighted by Crippen LogP contribution is 2.22. The average molecular weight is 191 g/mol. The summed E-state index contributed by atoms with van der Waals surface area (Å²) in [5, 5.41) is 0.609. The first-order valence-electron chi connectivity index (χ1n) is 4.01. The third-order valence-corrected chi connectivity index (χ3v) is 1.94. The summed E-state index contributed by atoms with van der Waals surface area (Å²) in [4.78, 5) is 11.1. The minimum atomic E-state index is -1.52. The fraction of sp³-hybridized carbons (Fsp3) is 0.125. The van der Waals surface area contributed by atoms with Gasteiger partial charge in [-0.1, -0.05) is 23.2 Å². The maximum absolute atomic E-state index is 11.1. The van der Waals surface area contributed by atoms with Crippen LogP contribution in [-0.2, 0) is 0 Å². The van der Waals surface area contributed by atoms with Crippen LogP contribution in [0.25, 0.3) is 0 Å². The molecule has 1 rings (SSSR count). The lowest BCUT2D eigenvalue weighted by Crippen LogP contribution is -1.90. The van der Waals surface area contributed by atoms with Gasteiger partial charge in [-0.3, -0.25) is 4.79 Å². The third-order valence-electron chi connectivity index (χ3n) is 1.20. The van der Waals surface area contributed by atoms with Gasteiger partial charge in [0, 0.05) is 8.30 Å². The first-order chi connectivity index (χ1) is 6.02. The van der Waals surface area contributed by atoms with Crippen LogP contribution in [0.15, 0.2) is 18.2 Å². The highest BCUT2D eigenvalue weighted by molar-refractivity contribution is 6.42. The topological polar surface area (TPSA) is 17.1 Å². The molecule has 3 heteroatoms. The summed E-state index contributed by atoms with van der Waals surface area (Å²) in [5.41, 5.74) is 0.240. The third kappa shape index (κ3) is 1.95. The SMILES string of the molecule is [2H]C([2H])C(=O)c1ccc(Cl)c(Cl)c1. The van der Waals surface area contributed by atoms with Crippen LogP contribution >= 0.6 is 23.2 Å². The molecule has 1 nitrogen and oxygen atoms in total. The lowest BCUT2D eigenvalue weighted by atomic mass is 10.1. The molecule has 0 saturated carbocycles. The molecule has 0 spiro atoms. The second-order valence-corrected chi connectivity index (χ2v) is 2.81. The van der Waals surface area contributed by atoms with Gasteiger partial charge in [-0.15, -0.1) is 0 Å². The first kappa shape index (κ1) is 6.04. The van der Waals surface area contributed by atoms with Crippen molar-refractivity contribution in [2.75, 3.05) is 0 Å². The summed E-state index contributed by atoms with van der Waals surface area (Å²) in [7, 11) is 0. The molecule has 0 aliphatic carbocycles. The molecule has 0 bridgehead atoms. The van der Waals surface area contributed by atoms with Crippen molar-refractivity contribution in [1.82, 2.24) is 0 Å². The van der Waals surface area contributed by atoms with E-state index in [4.69, 9.17) is 25.9 Å². The highest BCUT2D eigenvalue weighted by Gasteiger charge is 2.01. The van der Waals surface area contributed by atoms with Crippen LogP contribution in [0.4, 0.5) is 0 Å². The zero-order valence-corrected chi connectivity index (χ0v) is 6.99. The maximum Gasteiger partial charge on any atom is 0.159 e. The molecule has 0 amide bonds. The molecule has 0 unspecified atom stereocenters. The Labute approximate surface area is 77.7 Å². The molecule has 0 fully saturated rings. The van der Waals surface area contributed by atoms with Crippen molar-refractivity contribution in [3.63, 3.8) is 0 Å². The summed E-state index contributed by atoms with van der Waals surface area (Å²) < 4.78 is 13.8. The normalized spacial score (nSPS) is 12.6. The summed E-state index contributed by atoms with van der Waals surface area (Å²) in [6.45, 7) is -1.52. The molecular weight excluding hydrogens is 183 g/mol. The molecule has 0 aliphatic rings. The van der Waals surface area contributed by atoms with Gasteiger partial charge in [0.15, 0.2) is 5.78 Å². The van der Waals surface area contributed by atoms with E-state index in [-0.39, 0.29) is 10.6 Å². The number of hydrogen-bond donors (Lipinski definition) is 0. The number of hydrogen-bond acceptors (Lipinski definition) is 1. The molecule has 58 valence electrons. The fourth-order valence-electron chi connectivity index (χ4n) is 0.649. The van der Waals surface area contributed by atoms with Crippen molar-refractivity contribution in [3.05, 3.63) is 33.8 Å². The van der Waals surface area contributed by atoms with E-state index in [9.17, 15) is 4.79 Å². The number of rotatable bonds is 1. The van der Waals surface area contributed by atoms with Gasteiger partial charge < -0.3 is 0 Å². The number of benzene rings is 1. The Balaban J connectivity index is 3.04. The Hall–Kier alpha value is -0.530. The van der Waals surface area contributed by atoms with E-state index < -0.39 is 12.7 Å². The van der Waals surface area contributed by atoms with Crippen molar-refractivity contribution in [2.45, 2.75) is 6.88 Å². The lowest BCUT2D eigenvalue weighted by Gasteiger charge is -1.97. The predicted octanol–water partition coefficient (Wildman–Crippen LogP) is 3.20. The Kier molecular flexibility index (Phi) is 1.78. The number of Topliss-reactive ketones (excluding diaryl/α,β-unsaturated/α-hetero) is 1. The molecule has 0 aromatic heterocycles. The Morgan fingerprint density at radius 1 is 1.45 bits per heavy atom. The molecule has 0 aliphatic heterocycles. The maximum atomic E-state index is 11.1. The minimum Gasteiger partial charge on any atom is -0.295 e. The van der Waals surface area contributed by atoms with Gasteiger partial charge in [-0.05, 0) is 25.1 Å². The van der Waals surface area contributed by atoms with Gasteiger partial charge in [0.2, 0.25) is 0 Å². The number of ketones is 1. The summed E-state index contributed by atoms with van der Waals surface area (Å²) in [6.07, 6.45) is 0. The molecule has 0 heterocycles. The molecular formula is C8H6Cl2O. The van der Waals surface area contributed by atoms with E-state index in [2.05, 4.69) is 0 Å². The quantitative estimate of drug-likeness (QED) is 0.623. The van der Waals surface area contributed by atoms with Gasteiger partial charge in [0.05, 0.1) is 10.0 Å². The van der Waals surface area contributed by atoms with E-state index in [1.807, 2.05) is 0 Å². The predicted molar refractivity (Wildman–Crippen MR) is 46.5 cm³/mol. The van der Waals surface area contributed by atoms with E-state index in [1.54, 1.807) is 0 Å². The molecule has 0 saturated heterocycles. The zero-order valence-electron chi connectivity index (χ0n) is 7.47. The Morgan fingerprint density at radius 3 is 2.73 bits per heavy atom. The van der Waals surface area contributed by atoms with E-state index in [0.29, 0.717) is 5.02 Å². The van der Waals surface area contributed by atoms with Crippen LogP contribution in [0, 0.1) is 0 Å². The van der Waals surface area contributed by atoms with Gasteiger partial charge in [0.1, 0.15) is 0 Å². The highest BCUT2D eigenvalue weighted by atomic mass is 35.5. The van der Waals surface area contributed by atoms with Crippen LogP contribution in [0.3, 0.4) is 0 Å². The standard InChI is InChI=1S/C8H6Cl2O/c1-5(11)6-2-3-7(9)8(10)4-6/h2-4H,1H3/i1D2. The van der Waals surface area contributed by atoms with E-state index >= 15 is 0 Å². The van der Waals surface area contributed by atoms with Crippen LogP contribution in [0.1, 0.15) is 20.0 Å². The second-order valence-electron chi connectivity index (χ2n) is 1.99. The number of carbonyl (C=O) groups is 1. The van der Waals surface area contributed by atoms with Gasteiger partial charge >= 0.3 is 0 Å². The van der Waals surface area contributed by atoms with Crippen LogP contribution in [0.5, 0.6) is 0 Å². The monoisotopic (exact) mass is 190 g/mol.